The van der Waals surface area contributed by atoms with Gasteiger partial charge in [-0.05, 0) is 37.1 Å². The first-order chi connectivity index (χ1) is 10.5. The third kappa shape index (κ3) is 2.56. The number of ether oxygens (including phenoxy) is 1. The third-order valence-corrected chi connectivity index (χ3v) is 5.43. The van der Waals surface area contributed by atoms with E-state index in [1.54, 1.807) is 11.8 Å². The molecule has 2 aliphatic heterocycles. The SMILES string of the molecule is Cc1cccc(C)c1OCCN1C(=O)NC2(CCSC2)C1=O. The highest BCUT2D eigenvalue weighted by atomic mass is 32.2. The molecule has 22 heavy (non-hydrogen) atoms. The van der Waals surface area contributed by atoms with Crippen molar-refractivity contribution in [2.75, 3.05) is 24.7 Å². The van der Waals surface area contributed by atoms with Crippen LogP contribution < -0.4 is 10.1 Å². The summed E-state index contributed by atoms with van der Waals surface area (Å²) < 4.78 is 5.80. The number of hydrogen-bond donors (Lipinski definition) is 1. The lowest BCUT2D eigenvalue weighted by Gasteiger charge is -2.19. The smallest absolute Gasteiger partial charge is 0.325 e. The lowest BCUT2D eigenvalue weighted by Crippen LogP contribution is -2.47. The van der Waals surface area contributed by atoms with Gasteiger partial charge in [-0.15, -0.1) is 0 Å². The van der Waals surface area contributed by atoms with Crippen LogP contribution in [0.4, 0.5) is 4.79 Å². The fourth-order valence-corrected chi connectivity index (χ4v) is 4.30. The Morgan fingerprint density at radius 3 is 2.68 bits per heavy atom. The Bertz CT molecular complexity index is 591. The fraction of sp³-hybridized carbons (Fsp3) is 0.500. The normalized spacial score (nSPS) is 24.2. The van der Waals surface area contributed by atoms with Crippen LogP contribution in [0.25, 0.3) is 0 Å². The number of carbonyl (C=O) groups excluding carboxylic acids is 2. The topological polar surface area (TPSA) is 58.6 Å². The number of rotatable bonds is 4. The van der Waals surface area contributed by atoms with Gasteiger partial charge in [-0.3, -0.25) is 9.69 Å². The van der Waals surface area contributed by atoms with Crippen LogP contribution in [-0.2, 0) is 4.79 Å². The van der Waals surface area contributed by atoms with Gasteiger partial charge in [0.2, 0.25) is 0 Å². The average molecular weight is 320 g/mol. The van der Waals surface area contributed by atoms with E-state index in [1.165, 1.54) is 4.90 Å². The van der Waals surface area contributed by atoms with Gasteiger partial charge in [-0.2, -0.15) is 11.8 Å². The molecule has 1 atom stereocenters. The molecule has 3 amide bonds. The summed E-state index contributed by atoms with van der Waals surface area (Å²) in [6, 6.07) is 5.66. The summed E-state index contributed by atoms with van der Waals surface area (Å²) in [5.41, 5.74) is 1.45. The van der Waals surface area contributed by atoms with Gasteiger partial charge in [-0.25, -0.2) is 4.79 Å². The molecule has 2 heterocycles. The number of imide groups is 1. The maximum Gasteiger partial charge on any atom is 0.325 e. The van der Waals surface area contributed by atoms with E-state index in [2.05, 4.69) is 5.32 Å². The number of amides is 3. The molecule has 2 aliphatic rings. The number of nitrogens with zero attached hydrogens (tertiary/aromatic N) is 1. The van der Waals surface area contributed by atoms with Gasteiger partial charge < -0.3 is 10.1 Å². The monoisotopic (exact) mass is 320 g/mol. The predicted molar refractivity (Wildman–Crippen MR) is 86.3 cm³/mol. The summed E-state index contributed by atoms with van der Waals surface area (Å²) >= 11 is 1.71. The van der Waals surface area contributed by atoms with E-state index in [1.807, 2.05) is 32.0 Å². The Balaban J connectivity index is 1.62. The molecule has 0 bridgehead atoms. The van der Waals surface area contributed by atoms with Crippen LogP contribution in [0.5, 0.6) is 5.75 Å². The van der Waals surface area contributed by atoms with Crippen molar-refractivity contribution in [3.05, 3.63) is 29.3 Å². The summed E-state index contributed by atoms with van der Waals surface area (Å²) in [6.07, 6.45) is 0.719. The van der Waals surface area contributed by atoms with Crippen molar-refractivity contribution >= 4 is 23.7 Å². The zero-order valence-corrected chi connectivity index (χ0v) is 13.7. The quantitative estimate of drug-likeness (QED) is 0.863. The maximum atomic E-state index is 12.5. The molecular formula is C16H20N2O3S. The van der Waals surface area contributed by atoms with E-state index in [9.17, 15) is 9.59 Å². The van der Waals surface area contributed by atoms with E-state index < -0.39 is 5.54 Å². The fourth-order valence-electron chi connectivity index (χ4n) is 2.98. The van der Waals surface area contributed by atoms with E-state index in [0.29, 0.717) is 12.4 Å². The molecule has 1 N–H and O–H groups in total. The van der Waals surface area contributed by atoms with Crippen molar-refractivity contribution < 1.29 is 14.3 Å². The second kappa shape index (κ2) is 5.83. The van der Waals surface area contributed by atoms with E-state index >= 15 is 0 Å². The molecule has 1 aromatic rings. The summed E-state index contributed by atoms with van der Waals surface area (Å²) in [5.74, 6) is 2.32. The van der Waals surface area contributed by atoms with Gasteiger partial charge >= 0.3 is 6.03 Å². The number of carbonyl (C=O) groups is 2. The molecule has 1 aromatic carbocycles. The zero-order valence-electron chi connectivity index (χ0n) is 12.8. The van der Waals surface area contributed by atoms with E-state index in [-0.39, 0.29) is 18.5 Å². The minimum atomic E-state index is -0.666. The number of aryl methyl sites for hydroxylation is 2. The first-order valence-corrected chi connectivity index (χ1v) is 8.60. The molecule has 0 aliphatic carbocycles. The minimum absolute atomic E-state index is 0.104. The van der Waals surface area contributed by atoms with Gasteiger partial charge in [0.1, 0.15) is 17.9 Å². The van der Waals surface area contributed by atoms with Crippen molar-refractivity contribution in [2.45, 2.75) is 25.8 Å². The first kappa shape index (κ1) is 15.2. The van der Waals surface area contributed by atoms with Crippen molar-refractivity contribution in [1.82, 2.24) is 10.2 Å². The highest BCUT2D eigenvalue weighted by molar-refractivity contribution is 7.99. The molecule has 3 rings (SSSR count). The van der Waals surface area contributed by atoms with E-state index in [4.69, 9.17) is 4.74 Å². The lowest BCUT2D eigenvalue weighted by molar-refractivity contribution is -0.130. The van der Waals surface area contributed by atoms with Gasteiger partial charge in [0.05, 0.1) is 6.54 Å². The van der Waals surface area contributed by atoms with Crippen LogP contribution in [-0.4, -0.2) is 47.0 Å². The number of thioether (sulfide) groups is 1. The van der Waals surface area contributed by atoms with Gasteiger partial charge in [-0.1, -0.05) is 18.2 Å². The highest BCUT2D eigenvalue weighted by Crippen LogP contribution is 2.33. The molecular weight excluding hydrogens is 300 g/mol. The number of hydrogen-bond acceptors (Lipinski definition) is 4. The maximum absolute atomic E-state index is 12.5. The number of para-hydroxylation sites is 1. The number of urea groups is 1. The molecule has 118 valence electrons. The Morgan fingerprint density at radius 1 is 1.32 bits per heavy atom. The highest BCUT2D eigenvalue weighted by Gasteiger charge is 2.52. The predicted octanol–water partition coefficient (Wildman–Crippen LogP) is 2.11. The van der Waals surface area contributed by atoms with Crippen LogP contribution in [0.2, 0.25) is 0 Å². The van der Waals surface area contributed by atoms with E-state index in [0.717, 1.165) is 29.1 Å². The summed E-state index contributed by atoms with van der Waals surface area (Å²) in [4.78, 5) is 25.8. The molecule has 0 aromatic heterocycles. The molecule has 2 saturated heterocycles. The summed E-state index contributed by atoms with van der Waals surface area (Å²) in [7, 11) is 0. The molecule has 5 nitrogen and oxygen atoms in total. The van der Waals surface area contributed by atoms with Crippen LogP contribution in [0.1, 0.15) is 17.5 Å². The zero-order chi connectivity index (χ0) is 15.7. The van der Waals surface area contributed by atoms with Gasteiger partial charge in [0, 0.05) is 5.75 Å². The van der Waals surface area contributed by atoms with Crippen molar-refractivity contribution in [3.8, 4) is 5.75 Å². The Kier molecular flexibility index (Phi) is 4.04. The van der Waals surface area contributed by atoms with Crippen LogP contribution in [0.15, 0.2) is 18.2 Å². The van der Waals surface area contributed by atoms with Crippen LogP contribution in [0, 0.1) is 13.8 Å². The molecule has 1 spiro atoms. The third-order valence-electron chi connectivity index (χ3n) is 4.24. The van der Waals surface area contributed by atoms with Crippen molar-refractivity contribution in [2.24, 2.45) is 0 Å². The summed E-state index contributed by atoms with van der Waals surface area (Å²) in [6.45, 7) is 4.57. The van der Waals surface area contributed by atoms with Gasteiger partial charge in [0.25, 0.3) is 5.91 Å². The Morgan fingerprint density at radius 2 is 2.05 bits per heavy atom. The molecule has 1 unspecified atom stereocenters. The minimum Gasteiger partial charge on any atom is -0.491 e. The van der Waals surface area contributed by atoms with Crippen LogP contribution in [0.3, 0.4) is 0 Å². The second-order valence-electron chi connectivity index (χ2n) is 5.84. The average Bonchev–Trinajstić information content (AvgIpc) is 3.03. The number of nitrogens with one attached hydrogen (secondary N) is 1. The molecule has 0 saturated carbocycles. The van der Waals surface area contributed by atoms with Gasteiger partial charge in [0.15, 0.2) is 0 Å². The van der Waals surface area contributed by atoms with Crippen molar-refractivity contribution in [1.29, 1.82) is 0 Å². The molecule has 2 fully saturated rings. The number of benzene rings is 1. The molecule has 6 heteroatoms. The lowest BCUT2D eigenvalue weighted by atomic mass is 9.99. The Hall–Kier alpha value is -1.69. The van der Waals surface area contributed by atoms with Crippen molar-refractivity contribution in [3.63, 3.8) is 0 Å². The Labute approximate surface area is 134 Å². The largest absolute Gasteiger partial charge is 0.491 e. The first-order valence-electron chi connectivity index (χ1n) is 7.44. The molecule has 0 radical (unpaired) electrons. The van der Waals surface area contributed by atoms with Crippen LogP contribution >= 0.6 is 11.8 Å². The standard InChI is InChI=1S/C16H20N2O3S/c1-11-4-3-5-12(2)13(11)21-8-7-18-14(19)16(17-15(18)20)6-9-22-10-16/h3-5H,6-10H2,1-2H3,(H,17,20). The summed E-state index contributed by atoms with van der Waals surface area (Å²) in [5, 5.41) is 2.86. The second-order valence-corrected chi connectivity index (χ2v) is 6.95.